The summed E-state index contributed by atoms with van der Waals surface area (Å²) in [6.45, 7) is 2.11. The quantitative estimate of drug-likeness (QED) is 0.244. The zero-order valence-corrected chi connectivity index (χ0v) is 25.1. The predicted octanol–water partition coefficient (Wildman–Crippen LogP) is 2.99. The summed E-state index contributed by atoms with van der Waals surface area (Å²) in [6.07, 6.45) is 5.04. The van der Waals surface area contributed by atoms with E-state index in [1.54, 1.807) is 7.05 Å². The molecule has 6 heterocycles. The van der Waals surface area contributed by atoms with Crippen LogP contribution in [0.1, 0.15) is 16.8 Å². The number of hydrogen-bond acceptors (Lipinski definition) is 8. The van der Waals surface area contributed by atoms with Crippen molar-refractivity contribution < 1.29 is 31.7 Å². The lowest BCUT2D eigenvalue weighted by molar-refractivity contribution is 0.0695. The molecule has 2 aliphatic rings. The lowest BCUT2D eigenvalue weighted by atomic mass is 9.99. The number of likely N-dealkylation sites (N-methyl/N-ethyl adjacent to an activating group) is 1. The summed E-state index contributed by atoms with van der Waals surface area (Å²) in [5.41, 5.74) is 0.126. The molecule has 2 fully saturated rings. The predicted molar refractivity (Wildman–Crippen MR) is 163 cm³/mol. The number of aryl methyl sites for hydroxylation is 1. The number of aromatic carboxylic acids is 1. The fraction of sp³-hybridized carbons (Fsp3) is 0.310. The van der Waals surface area contributed by atoms with Gasteiger partial charge in [-0.1, -0.05) is 0 Å². The van der Waals surface area contributed by atoms with Gasteiger partial charge in [-0.2, -0.15) is 8.42 Å². The Morgan fingerprint density at radius 2 is 1.89 bits per heavy atom. The van der Waals surface area contributed by atoms with E-state index in [0.717, 1.165) is 20.0 Å². The average molecular weight is 640 g/mol. The Morgan fingerprint density at radius 1 is 1.13 bits per heavy atom. The summed E-state index contributed by atoms with van der Waals surface area (Å²) in [7, 11) is -0.253. The number of likely N-dealkylation sites (tertiary alicyclic amines) is 1. The van der Waals surface area contributed by atoms with Crippen LogP contribution in [0.3, 0.4) is 0 Å². The van der Waals surface area contributed by atoms with Crippen molar-refractivity contribution in [2.45, 2.75) is 12.5 Å². The lowest BCUT2D eigenvalue weighted by Gasteiger charge is -2.29. The van der Waals surface area contributed by atoms with Gasteiger partial charge in [0.1, 0.15) is 16.9 Å². The van der Waals surface area contributed by atoms with E-state index in [9.17, 15) is 27.7 Å². The molecule has 1 aromatic carbocycles. The lowest BCUT2D eigenvalue weighted by Crippen LogP contribution is -2.35. The number of carbonyl (C=O) groups is 1. The molecule has 7 rings (SSSR count). The van der Waals surface area contributed by atoms with Crippen LogP contribution in [0.2, 0.25) is 0 Å². The second-order valence-electron chi connectivity index (χ2n) is 11.7. The first-order valence-electron chi connectivity index (χ1n) is 14.0. The summed E-state index contributed by atoms with van der Waals surface area (Å²) in [4.78, 5) is 41.2. The minimum absolute atomic E-state index is 0.000724. The molecule has 0 spiro atoms. The van der Waals surface area contributed by atoms with Gasteiger partial charge in [-0.25, -0.2) is 27.8 Å². The maximum atomic E-state index is 15.9. The molecule has 3 N–H and O–H groups in total. The Morgan fingerprint density at radius 3 is 2.60 bits per heavy atom. The fourth-order valence-corrected chi connectivity index (χ4v) is 7.31. The number of aromatic nitrogens is 4. The molecule has 0 aliphatic carbocycles. The third-order valence-corrected chi connectivity index (χ3v) is 9.89. The van der Waals surface area contributed by atoms with Gasteiger partial charge in [0.2, 0.25) is 5.43 Å². The van der Waals surface area contributed by atoms with E-state index >= 15 is 8.78 Å². The van der Waals surface area contributed by atoms with E-state index in [1.165, 1.54) is 29.2 Å². The average Bonchev–Trinajstić information content (AvgIpc) is 3.67. The fourth-order valence-electron chi connectivity index (χ4n) is 6.92. The number of aromatic amines is 1. The van der Waals surface area contributed by atoms with Crippen LogP contribution in [-0.2, 0) is 17.4 Å². The molecule has 0 radical (unpaired) electrons. The Labute approximate surface area is 254 Å². The summed E-state index contributed by atoms with van der Waals surface area (Å²) >= 11 is 0. The standard InChI is InChI=1S/C29H27F2N7O6S/c1-35-10-13-4-5-38(20(13)12-35)25-16(14-6-15-26(39)17(29(40)41)11-36(2)28(15)33-8-14)9-32-27-22(25)21-23(31)18(30)7-19(24(21)34-27)37(3)45(42,43)44/h6-9,11,13,20H,4-5,10,12H2,1-3H3,(H,32,34)(H,40,41)(H,42,43,44)/t13?,20-/m1/s1. The molecule has 13 nitrogen and oxygen atoms in total. The number of anilines is 2. The normalized spacial score (nSPS) is 18.8. The summed E-state index contributed by atoms with van der Waals surface area (Å²) in [5.74, 6) is -3.66. The van der Waals surface area contributed by atoms with Gasteiger partial charge in [0.05, 0.1) is 33.1 Å². The van der Waals surface area contributed by atoms with Crippen LogP contribution in [0, 0.1) is 17.6 Å². The zero-order chi connectivity index (χ0) is 32.1. The SMILES string of the molecule is CN1CC2CCN(c3c(-c4cnc5c(c4)c(=O)c(C(=O)O)cn5C)cnc4[nH]c5c(N(C)S(=O)(=O)O)cc(F)c(F)c5c34)[C@@H]2C1. The maximum Gasteiger partial charge on any atom is 0.359 e. The largest absolute Gasteiger partial charge is 0.477 e. The first kappa shape index (κ1) is 29.1. The van der Waals surface area contributed by atoms with Crippen LogP contribution in [0.15, 0.2) is 35.5 Å². The molecule has 16 heteroatoms. The maximum absolute atomic E-state index is 15.9. The number of H-pyrrole nitrogens is 1. The van der Waals surface area contributed by atoms with Crippen molar-refractivity contribution in [3.8, 4) is 11.1 Å². The molecule has 234 valence electrons. The highest BCUT2D eigenvalue weighted by Crippen LogP contribution is 2.47. The highest BCUT2D eigenvalue weighted by Gasteiger charge is 2.42. The number of hydrogen-bond donors (Lipinski definition) is 3. The molecule has 2 saturated heterocycles. The number of benzene rings is 1. The molecule has 5 aromatic rings. The van der Waals surface area contributed by atoms with Gasteiger partial charge in [0, 0.05) is 75.6 Å². The monoisotopic (exact) mass is 639 g/mol. The van der Waals surface area contributed by atoms with Crippen LogP contribution in [-0.4, -0.2) is 88.2 Å². The van der Waals surface area contributed by atoms with Gasteiger partial charge in [-0.05, 0) is 25.5 Å². The molecule has 0 amide bonds. The highest BCUT2D eigenvalue weighted by molar-refractivity contribution is 7.87. The molecule has 2 aliphatic heterocycles. The number of nitrogens with one attached hydrogen (secondary N) is 1. The Balaban J connectivity index is 1.58. The van der Waals surface area contributed by atoms with Crippen LogP contribution in [0.25, 0.3) is 44.1 Å². The Kier molecular flexibility index (Phi) is 6.41. The Hall–Kier alpha value is -4.67. The number of rotatable bonds is 5. The zero-order valence-electron chi connectivity index (χ0n) is 24.2. The van der Waals surface area contributed by atoms with Crippen LogP contribution in [0.4, 0.5) is 20.2 Å². The molecular weight excluding hydrogens is 612 g/mol. The van der Waals surface area contributed by atoms with Crippen molar-refractivity contribution in [2.24, 2.45) is 13.0 Å². The number of halogens is 2. The first-order valence-corrected chi connectivity index (χ1v) is 15.4. The number of fused-ring (bicyclic) bond motifs is 5. The summed E-state index contributed by atoms with van der Waals surface area (Å²) in [5, 5.41) is 9.59. The van der Waals surface area contributed by atoms with Gasteiger partial charge in [0.15, 0.2) is 11.6 Å². The van der Waals surface area contributed by atoms with Crippen LogP contribution in [0.5, 0.6) is 0 Å². The van der Waals surface area contributed by atoms with Crippen molar-refractivity contribution in [3.63, 3.8) is 0 Å². The number of nitrogens with zero attached hydrogens (tertiary/aromatic N) is 6. The Bertz CT molecular complexity index is 2270. The van der Waals surface area contributed by atoms with Crippen molar-refractivity contribution in [2.75, 3.05) is 42.9 Å². The van der Waals surface area contributed by atoms with Gasteiger partial charge in [-0.15, -0.1) is 0 Å². The topological polar surface area (TPSA) is 165 Å². The molecule has 0 saturated carbocycles. The second kappa shape index (κ2) is 9.92. The van der Waals surface area contributed by atoms with Crippen molar-refractivity contribution in [3.05, 3.63) is 58.1 Å². The smallest absolute Gasteiger partial charge is 0.359 e. The van der Waals surface area contributed by atoms with Gasteiger partial charge < -0.3 is 24.5 Å². The van der Waals surface area contributed by atoms with Gasteiger partial charge >= 0.3 is 16.3 Å². The van der Waals surface area contributed by atoms with E-state index in [4.69, 9.17) is 0 Å². The summed E-state index contributed by atoms with van der Waals surface area (Å²) in [6, 6.07) is 2.20. The van der Waals surface area contributed by atoms with Crippen molar-refractivity contribution in [1.82, 2.24) is 24.4 Å². The van der Waals surface area contributed by atoms with E-state index in [1.807, 2.05) is 7.05 Å². The number of carboxylic acid groups (broad SMARTS) is 1. The molecule has 2 atom stereocenters. The third kappa shape index (κ3) is 4.34. The molecule has 0 bridgehead atoms. The molecule has 1 unspecified atom stereocenters. The minimum atomic E-state index is -4.84. The minimum Gasteiger partial charge on any atom is -0.477 e. The van der Waals surface area contributed by atoms with Crippen molar-refractivity contribution in [1.29, 1.82) is 0 Å². The molecular formula is C29H27F2N7O6S. The van der Waals surface area contributed by atoms with E-state index in [2.05, 4.69) is 24.8 Å². The highest BCUT2D eigenvalue weighted by atomic mass is 32.2. The number of pyridine rings is 3. The summed E-state index contributed by atoms with van der Waals surface area (Å²) < 4.78 is 66.7. The van der Waals surface area contributed by atoms with Gasteiger partial charge in [-0.3, -0.25) is 9.35 Å². The second-order valence-corrected chi connectivity index (χ2v) is 13.1. The van der Waals surface area contributed by atoms with Crippen LogP contribution >= 0.6 is 0 Å². The van der Waals surface area contributed by atoms with E-state index < -0.39 is 38.9 Å². The number of carboxylic acids is 1. The molecule has 45 heavy (non-hydrogen) atoms. The van der Waals surface area contributed by atoms with Gasteiger partial charge in [0.25, 0.3) is 0 Å². The van der Waals surface area contributed by atoms with E-state index in [-0.39, 0.29) is 44.7 Å². The van der Waals surface area contributed by atoms with Crippen molar-refractivity contribution >= 4 is 60.6 Å². The third-order valence-electron chi connectivity index (χ3n) is 9.00. The van der Waals surface area contributed by atoms with Crippen LogP contribution < -0.4 is 14.6 Å². The molecule has 4 aromatic heterocycles. The first-order chi connectivity index (χ1) is 21.3. The van der Waals surface area contributed by atoms with E-state index in [0.29, 0.717) is 46.2 Å².